The van der Waals surface area contributed by atoms with E-state index < -0.39 is 17.7 Å². The van der Waals surface area contributed by atoms with E-state index in [2.05, 4.69) is 4.98 Å². The van der Waals surface area contributed by atoms with Gasteiger partial charge in [0.25, 0.3) is 11.7 Å². The van der Waals surface area contributed by atoms with Gasteiger partial charge in [-0.05, 0) is 54.8 Å². The van der Waals surface area contributed by atoms with Crippen LogP contribution >= 0.6 is 0 Å². The molecule has 1 aliphatic heterocycles. The average molecular weight is 428 g/mol. The molecule has 1 fully saturated rings. The number of Topliss-reactive ketones (excluding diaryl/α,β-unsaturated/α-hetero) is 1. The molecule has 1 aromatic heterocycles. The van der Waals surface area contributed by atoms with E-state index in [1.165, 1.54) is 4.90 Å². The summed E-state index contributed by atoms with van der Waals surface area (Å²) in [7, 11) is 1.59. The van der Waals surface area contributed by atoms with E-state index in [9.17, 15) is 14.7 Å². The third-order valence-corrected chi connectivity index (χ3v) is 5.70. The van der Waals surface area contributed by atoms with Gasteiger partial charge in [-0.15, -0.1) is 0 Å². The molecule has 3 aromatic rings. The number of hydrogen-bond donors (Lipinski definition) is 1. The molecule has 1 N–H and O–H groups in total. The van der Waals surface area contributed by atoms with Gasteiger partial charge in [-0.25, -0.2) is 0 Å². The predicted octanol–water partition coefficient (Wildman–Crippen LogP) is 4.33. The molecule has 1 saturated heterocycles. The van der Waals surface area contributed by atoms with Gasteiger partial charge in [-0.3, -0.25) is 14.6 Å². The lowest BCUT2D eigenvalue weighted by molar-refractivity contribution is -0.140. The van der Waals surface area contributed by atoms with Crippen LogP contribution in [0.1, 0.15) is 33.9 Å². The Morgan fingerprint density at radius 1 is 1.09 bits per heavy atom. The second-order valence-corrected chi connectivity index (χ2v) is 7.88. The van der Waals surface area contributed by atoms with E-state index in [0.29, 0.717) is 16.9 Å². The van der Waals surface area contributed by atoms with Crippen LogP contribution < -0.4 is 4.74 Å². The highest BCUT2D eigenvalue weighted by atomic mass is 16.5. The topological polar surface area (TPSA) is 79.7 Å². The fourth-order valence-corrected chi connectivity index (χ4v) is 3.99. The van der Waals surface area contributed by atoms with Gasteiger partial charge in [0.2, 0.25) is 0 Å². The predicted molar refractivity (Wildman–Crippen MR) is 121 cm³/mol. The summed E-state index contributed by atoms with van der Waals surface area (Å²) in [6, 6.07) is 15.8. The second kappa shape index (κ2) is 8.67. The first-order chi connectivity index (χ1) is 15.4. The van der Waals surface area contributed by atoms with Crippen molar-refractivity contribution < 1.29 is 19.4 Å². The number of ether oxygens (including phenoxy) is 1. The number of rotatable bonds is 5. The molecule has 6 nitrogen and oxygen atoms in total. The minimum atomic E-state index is -0.745. The summed E-state index contributed by atoms with van der Waals surface area (Å²) in [6.45, 7) is 3.98. The van der Waals surface area contributed by atoms with Gasteiger partial charge in [0.1, 0.15) is 11.5 Å². The van der Waals surface area contributed by atoms with Gasteiger partial charge in [0, 0.05) is 24.5 Å². The van der Waals surface area contributed by atoms with Crippen LogP contribution in [0.2, 0.25) is 0 Å². The summed E-state index contributed by atoms with van der Waals surface area (Å²) in [4.78, 5) is 31.9. The van der Waals surface area contributed by atoms with Crippen LogP contribution in [0.15, 0.2) is 72.6 Å². The molecule has 6 heteroatoms. The van der Waals surface area contributed by atoms with Crippen molar-refractivity contribution in [3.63, 3.8) is 0 Å². The Bertz CT molecular complexity index is 1200. The highest BCUT2D eigenvalue weighted by Gasteiger charge is 2.46. The van der Waals surface area contributed by atoms with Gasteiger partial charge in [-0.1, -0.05) is 35.9 Å². The Hall–Kier alpha value is -3.93. The van der Waals surface area contributed by atoms with Gasteiger partial charge in [0.05, 0.1) is 18.7 Å². The number of ketones is 1. The molecular formula is C26H24N2O4. The Kier molecular flexibility index (Phi) is 5.77. The van der Waals surface area contributed by atoms with E-state index in [1.807, 2.05) is 44.2 Å². The first-order valence-electron chi connectivity index (χ1n) is 10.3. The van der Waals surface area contributed by atoms with Gasteiger partial charge in [-0.2, -0.15) is 0 Å². The minimum absolute atomic E-state index is 0.0743. The zero-order chi connectivity index (χ0) is 22.8. The fourth-order valence-electron chi connectivity index (χ4n) is 3.99. The van der Waals surface area contributed by atoms with Crippen molar-refractivity contribution in [3.8, 4) is 5.75 Å². The highest BCUT2D eigenvalue weighted by Crippen LogP contribution is 2.40. The van der Waals surface area contributed by atoms with Gasteiger partial charge < -0.3 is 14.7 Å². The van der Waals surface area contributed by atoms with Crippen LogP contribution in [0.3, 0.4) is 0 Å². The number of hydrogen-bond acceptors (Lipinski definition) is 5. The Morgan fingerprint density at radius 3 is 2.50 bits per heavy atom. The zero-order valence-corrected chi connectivity index (χ0v) is 18.2. The number of aliphatic hydroxyl groups excluding tert-OH is 1. The van der Waals surface area contributed by atoms with E-state index >= 15 is 0 Å². The van der Waals surface area contributed by atoms with Crippen LogP contribution in [0.4, 0.5) is 0 Å². The molecule has 2 aromatic carbocycles. The van der Waals surface area contributed by atoms with Crippen LogP contribution in [0.25, 0.3) is 5.76 Å². The van der Waals surface area contributed by atoms with Crippen molar-refractivity contribution in [2.75, 3.05) is 7.11 Å². The van der Waals surface area contributed by atoms with Gasteiger partial charge >= 0.3 is 0 Å². The Labute approximate surface area is 186 Å². The largest absolute Gasteiger partial charge is 0.507 e. The van der Waals surface area contributed by atoms with E-state index in [0.717, 1.165) is 16.7 Å². The Morgan fingerprint density at radius 2 is 1.84 bits per heavy atom. The summed E-state index contributed by atoms with van der Waals surface area (Å²) < 4.78 is 5.20. The third kappa shape index (κ3) is 3.87. The number of aliphatic hydroxyl groups is 1. The quantitative estimate of drug-likeness (QED) is 0.372. The molecule has 1 amide bonds. The van der Waals surface area contributed by atoms with Gasteiger partial charge in [0.15, 0.2) is 0 Å². The second-order valence-electron chi connectivity index (χ2n) is 7.88. The number of methoxy groups -OCH3 is 1. The molecule has 0 bridgehead atoms. The molecule has 1 aliphatic rings. The molecule has 4 rings (SSSR count). The number of benzene rings is 2. The van der Waals surface area contributed by atoms with Crippen molar-refractivity contribution in [1.82, 2.24) is 9.88 Å². The van der Waals surface area contributed by atoms with Crippen LogP contribution in [0, 0.1) is 13.8 Å². The standard InChI is InChI=1S/C26H24N2O4/c1-16-6-7-17(2)21(13-16)24(29)22-23(19-5-4-12-27-14-19)28(26(31)25(22)30)15-18-8-10-20(32-3)11-9-18/h4-14,23,29H,15H2,1-3H3/b24-22+. The molecule has 0 aliphatic carbocycles. The van der Waals surface area contributed by atoms with Crippen molar-refractivity contribution in [2.45, 2.75) is 26.4 Å². The van der Waals surface area contributed by atoms with Crippen molar-refractivity contribution >= 4 is 17.4 Å². The van der Waals surface area contributed by atoms with Crippen molar-refractivity contribution in [3.05, 3.63) is 100 Å². The van der Waals surface area contributed by atoms with E-state index in [1.54, 1.807) is 43.8 Å². The maximum absolute atomic E-state index is 13.2. The number of amides is 1. The summed E-state index contributed by atoms with van der Waals surface area (Å²) in [5, 5.41) is 11.2. The molecule has 1 atom stereocenters. The number of pyridine rings is 1. The molecule has 0 spiro atoms. The maximum atomic E-state index is 13.2. The zero-order valence-electron chi connectivity index (χ0n) is 18.2. The lowest BCUT2D eigenvalue weighted by Crippen LogP contribution is -2.29. The third-order valence-electron chi connectivity index (χ3n) is 5.70. The van der Waals surface area contributed by atoms with E-state index in [-0.39, 0.29) is 17.9 Å². The molecule has 162 valence electrons. The van der Waals surface area contributed by atoms with Crippen molar-refractivity contribution in [2.24, 2.45) is 0 Å². The lowest BCUT2D eigenvalue weighted by Gasteiger charge is -2.25. The monoisotopic (exact) mass is 428 g/mol. The maximum Gasteiger partial charge on any atom is 0.295 e. The normalized spacial score (nSPS) is 17.6. The minimum Gasteiger partial charge on any atom is -0.507 e. The number of aromatic nitrogens is 1. The molecule has 1 unspecified atom stereocenters. The number of carbonyl (C=O) groups is 2. The highest BCUT2D eigenvalue weighted by molar-refractivity contribution is 6.46. The van der Waals surface area contributed by atoms with E-state index in [4.69, 9.17) is 4.74 Å². The van der Waals surface area contributed by atoms with Crippen LogP contribution in [0.5, 0.6) is 5.75 Å². The Balaban J connectivity index is 1.84. The molecular weight excluding hydrogens is 404 g/mol. The molecule has 32 heavy (non-hydrogen) atoms. The summed E-state index contributed by atoms with van der Waals surface area (Å²) >= 11 is 0. The molecule has 2 heterocycles. The first kappa shape index (κ1) is 21.3. The lowest BCUT2D eigenvalue weighted by atomic mass is 9.94. The molecule has 0 saturated carbocycles. The first-order valence-corrected chi connectivity index (χ1v) is 10.3. The molecule has 0 radical (unpaired) electrons. The van der Waals surface area contributed by atoms with Crippen LogP contribution in [-0.4, -0.2) is 33.8 Å². The summed E-state index contributed by atoms with van der Waals surface area (Å²) in [5.41, 5.74) is 3.88. The summed E-state index contributed by atoms with van der Waals surface area (Å²) in [6.07, 6.45) is 3.25. The average Bonchev–Trinajstić information content (AvgIpc) is 3.06. The number of likely N-dealkylation sites (tertiary alicyclic amines) is 1. The fraction of sp³-hybridized carbons (Fsp3) is 0.192. The number of nitrogens with zero attached hydrogens (tertiary/aromatic N) is 2. The smallest absolute Gasteiger partial charge is 0.295 e. The number of carbonyl (C=O) groups excluding carboxylic acids is 2. The SMILES string of the molecule is COc1ccc(CN2C(=O)C(=O)/C(=C(/O)c3cc(C)ccc3C)C2c2cccnc2)cc1. The van der Waals surface area contributed by atoms with Crippen LogP contribution in [-0.2, 0) is 16.1 Å². The van der Waals surface area contributed by atoms with Crippen molar-refractivity contribution in [1.29, 1.82) is 0 Å². The summed E-state index contributed by atoms with van der Waals surface area (Å²) in [5.74, 6) is -0.822. The number of aryl methyl sites for hydroxylation is 2.